The molecule has 0 aliphatic heterocycles. The molecule has 0 aliphatic rings. The van der Waals surface area contributed by atoms with Crippen LogP contribution in [0.5, 0.6) is 23.0 Å². The maximum atomic E-state index is 14.8. The van der Waals surface area contributed by atoms with Gasteiger partial charge < -0.3 is 48.5 Å². The highest BCUT2D eigenvalue weighted by Crippen LogP contribution is 2.36. The summed E-state index contributed by atoms with van der Waals surface area (Å²) in [6.07, 6.45) is 11.3. The van der Waals surface area contributed by atoms with Gasteiger partial charge in [-0.3, -0.25) is 9.59 Å². The lowest BCUT2D eigenvalue weighted by Crippen LogP contribution is -2.41. The van der Waals surface area contributed by atoms with Crippen molar-refractivity contribution in [2.45, 2.75) is 209 Å². The summed E-state index contributed by atoms with van der Waals surface area (Å²) in [7, 11) is -6.29. The third-order valence-electron chi connectivity index (χ3n) is 21.9. The molecule has 674 valence electrons. The highest BCUT2D eigenvalue weighted by Gasteiger charge is 2.33. The SMILES string of the molecule is C=C(C)C(=O)OCC(CO)CCC[Si](C)(C)c1ccc(-c2ccc(OCCCC)c(F)c2F)cc1.CCCCOc1ccc(-c2ccc([SiH](C)C)cc2)c(F)c1F.CCCCOc1ccc(-c2ccc([Si](C)(C)CCCC(C(=O)OCC)C(=O)OCC)cc2)c(F)c1F.CCCCOc1ccc(-c2ccc([Si](C)(C)CCCC(CO)CO)cc2)c(F)c1F. The van der Waals surface area contributed by atoms with Gasteiger partial charge in [0.1, 0.15) is 0 Å². The number of halogens is 8. The third kappa shape index (κ3) is 32.7. The molecule has 1 unspecified atom stereocenters. The molecule has 0 saturated carbocycles. The highest BCUT2D eigenvalue weighted by molar-refractivity contribution is 6.90. The van der Waals surface area contributed by atoms with Gasteiger partial charge in [0.2, 0.25) is 23.3 Å². The zero-order valence-electron chi connectivity index (χ0n) is 74.9. The fourth-order valence-corrected chi connectivity index (χ4v) is 21.9. The topological polar surface area (TPSA) is 177 Å². The first-order chi connectivity index (χ1) is 58.6. The van der Waals surface area contributed by atoms with Crippen molar-refractivity contribution in [1.82, 2.24) is 0 Å². The second kappa shape index (κ2) is 53.6. The van der Waals surface area contributed by atoms with Crippen molar-refractivity contribution in [3.63, 3.8) is 0 Å². The van der Waals surface area contributed by atoms with Crippen LogP contribution in [0.3, 0.4) is 0 Å². The fourth-order valence-electron chi connectivity index (χ4n) is 13.6. The number of ether oxygens (including phenoxy) is 7. The van der Waals surface area contributed by atoms with Crippen LogP contribution in [0.1, 0.15) is 138 Å². The average molecular weight is 1780 g/mol. The minimum absolute atomic E-state index is 0.0116. The second-order valence-electron chi connectivity index (χ2n) is 33.3. The van der Waals surface area contributed by atoms with Gasteiger partial charge >= 0.3 is 17.9 Å². The number of aliphatic hydroxyl groups is 3. The smallest absolute Gasteiger partial charge is 0.333 e. The maximum Gasteiger partial charge on any atom is 0.333 e. The predicted octanol–water partition coefficient (Wildman–Crippen LogP) is 22.1. The Hall–Kier alpha value is -8.70. The zero-order chi connectivity index (χ0) is 91.0. The number of aliphatic hydroxyl groups excluding tert-OH is 3. The Morgan fingerprint density at radius 3 is 0.886 bits per heavy atom. The van der Waals surface area contributed by atoms with Gasteiger partial charge in [0, 0.05) is 59.5 Å². The van der Waals surface area contributed by atoms with E-state index in [-0.39, 0.29) is 96.7 Å². The molecule has 0 spiro atoms. The molecule has 8 aromatic carbocycles. The van der Waals surface area contributed by atoms with Crippen LogP contribution >= 0.6 is 0 Å². The summed E-state index contributed by atoms with van der Waals surface area (Å²) < 4.78 is 152. The van der Waals surface area contributed by atoms with Crippen LogP contribution in [-0.2, 0) is 28.6 Å². The Balaban J connectivity index is 0.000000295. The lowest BCUT2D eigenvalue weighted by Gasteiger charge is -2.24. The Bertz CT molecular complexity index is 4530. The molecule has 123 heavy (non-hydrogen) atoms. The molecule has 0 fully saturated rings. The number of hydrogen-bond acceptors (Lipinski definition) is 13. The summed E-state index contributed by atoms with van der Waals surface area (Å²) in [6, 6.07) is 45.8. The Labute approximate surface area is 730 Å². The van der Waals surface area contributed by atoms with E-state index in [2.05, 4.69) is 59.0 Å². The second-order valence-corrected chi connectivity index (χ2v) is 50.8. The molecule has 0 aliphatic carbocycles. The Morgan fingerprint density at radius 2 is 0.634 bits per heavy atom. The van der Waals surface area contributed by atoms with Gasteiger partial charge in [0.25, 0.3) is 0 Å². The van der Waals surface area contributed by atoms with Crippen molar-refractivity contribution in [3.8, 4) is 67.5 Å². The summed E-state index contributed by atoms with van der Waals surface area (Å²) >= 11 is 0. The minimum atomic E-state index is -1.92. The number of carbonyl (C=O) groups is 3. The predicted molar refractivity (Wildman–Crippen MR) is 492 cm³/mol. The molecule has 0 heterocycles. The van der Waals surface area contributed by atoms with Crippen molar-refractivity contribution in [2.75, 3.05) is 66.1 Å². The summed E-state index contributed by atoms with van der Waals surface area (Å²) in [5.74, 6) is -10.1. The standard InChI is InChI=1S/C28H38F2O5Si.C28H38F2O4Si.C24H34F2O3Si.C18H22F2OSi/c1-6-9-18-35-24-17-16-22(25(29)26(24)30)20-12-14-21(15-13-20)36(4,5)19-10-11-23(27(31)33-7-2)28(32)34-8-3;1-6-7-16-33-25-15-14-24(26(29)27(25)30)22-10-12-23(13-11-22)35(4,5)17-8-9-21(18-31)19-34-28(32)20(2)3;1-4-5-14-29-22-13-12-21(23(25)24(22)26)19-8-10-20(11-9-19)30(2,3)15-6-7-18(16-27)17-28;1-4-5-12-21-16-11-10-15(17(19)18(16)20)13-6-8-14(9-7-13)22(2)3/h12-17,23H,6-11,18-19H2,1-5H3;10-15,21,31H,2,6-9,16-19H2,1,3-5H3;8-13,18,27-28H,4-7,14-17H2,1-3H3;6-11,22H,4-5,12H2,1-3H3. The number of rotatable bonds is 46. The third-order valence-corrected chi connectivity index (χ3v) is 34.1. The van der Waals surface area contributed by atoms with E-state index < -0.39 is 103 Å². The van der Waals surface area contributed by atoms with Crippen molar-refractivity contribution in [2.24, 2.45) is 17.8 Å². The van der Waals surface area contributed by atoms with Crippen LogP contribution in [-0.4, -0.2) is 132 Å². The van der Waals surface area contributed by atoms with Crippen LogP contribution in [0.15, 0.2) is 158 Å². The van der Waals surface area contributed by atoms with E-state index in [9.17, 15) is 64.8 Å². The molecular weight excluding hydrogens is 1650 g/mol. The minimum Gasteiger partial charge on any atom is -0.490 e. The maximum absolute atomic E-state index is 14.8. The van der Waals surface area contributed by atoms with Crippen molar-refractivity contribution >= 4 is 71.7 Å². The molecule has 0 saturated heterocycles. The van der Waals surface area contributed by atoms with Gasteiger partial charge in [0.05, 0.1) is 79.3 Å². The zero-order valence-corrected chi connectivity index (χ0v) is 79.1. The summed E-state index contributed by atoms with van der Waals surface area (Å²) in [5, 5.41) is 33.0. The van der Waals surface area contributed by atoms with E-state index in [0.29, 0.717) is 67.1 Å². The average Bonchev–Trinajstić information content (AvgIpc) is 0.811. The molecule has 0 aromatic heterocycles. The van der Waals surface area contributed by atoms with Crippen LogP contribution in [0.2, 0.25) is 70.5 Å². The van der Waals surface area contributed by atoms with Crippen LogP contribution in [0.25, 0.3) is 44.5 Å². The van der Waals surface area contributed by atoms with E-state index in [0.717, 1.165) is 100 Å². The normalized spacial score (nSPS) is 11.7. The van der Waals surface area contributed by atoms with Gasteiger partial charge in [-0.05, 0) is 137 Å². The van der Waals surface area contributed by atoms with E-state index in [1.54, 1.807) is 57.2 Å². The number of unbranched alkanes of at least 4 members (excludes halogenated alkanes) is 4. The van der Waals surface area contributed by atoms with Gasteiger partial charge in [0.15, 0.2) is 52.2 Å². The van der Waals surface area contributed by atoms with E-state index in [1.807, 2.05) is 113 Å². The molecule has 25 heteroatoms. The van der Waals surface area contributed by atoms with Crippen LogP contribution in [0.4, 0.5) is 35.1 Å². The Kier molecular flexibility index (Phi) is 45.7. The summed E-state index contributed by atoms with van der Waals surface area (Å²) in [5.41, 5.74) is 3.79. The monoisotopic (exact) mass is 1780 g/mol. The van der Waals surface area contributed by atoms with Crippen molar-refractivity contribution in [3.05, 3.63) is 204 Å². The van der Waals surface area contributed by atoms with E-state index >= 15 is 0 Å². The summed E-state index contributed by atoms with van der Waals surface area (Å²) in [4.78, 5) is 36.0. The van der Waals surface area contributed by atoms with Crippen molar-refractivity contribution < 1.29 is 98.0 Å². The molecule has 8 aromatic rings. The highest BCUT2D eigenvalue weighted by atomic mass is 28.3. The summed E-state index contributed by atoms with van der Waals surface area (Å²) in [6.45, 7) is 36.6. The molecule has 13 nitrogen and oxygen atoms in total. The van der Waals surface area contributed by atoms with E-state index in [4.69, 9.17) is 33.2 Å². The van der Waals surface area contributed by atoms with Crippen molar-refractivity contribution in [1.29, 1.82) is 0 Å². The first-order valence-corrected chi connectivity index (χ1v) is 56.0. The molecule has 8 rings (SSSR count). The molecule has 3 N–H and O–H groups in total. The fraction of sp³-hybridized carbons (Fsp3) is 0.459. The molecule has 1 atom stereocenters. The Morgan fingerprint density at radius 1 is 0.366 bits per heavy atom. The van der Waals surface area contributed by atoms with Crippen LogP contribution in [0, 0.1) is 64.3 Å². The lowest BCUT2D eigenvalue weighted by molar-refractivity contribution is -0.162. The number of benzene rings is 8. The van der Waals surface area contributed by atoms with Crippen LogP contribution < -0.4 is 39.7 Å². The van der Waals surface area contributed by atoms with Gasteiger partial charge in [-0.1, -0.05) is 268 Å². The number of esters is 3. The molecule has 0 amide bonds. The first-order valence-electron chi connectivity index (χ1n) is 43.5. The van der Waals surface area contributed by atoms with Gasteiger partial charge in [-0.2, -0.15) is 17.6 Å². The molecular formula is C98H132F8O13Si4. The van der Waals surface area contributed by atoms with Gasteiger partial charge in [-0.25, -0.2) is 22.4 Å². The lowest BCUT2D eigenvalue weighted by atomic mass is 10.0. The van der Waals surface area contributed by atoms with Gasteiger partial charge in [-0.15, -0.1) is 0 Å². The largest absolute Gasteiger partial charge is 0.490 e. The number of hydrogen-bond donors (Lipinski definition) is 3. The first kappa shape index (κ1) is 105. The van der Waals surface area contributed by atoms with E-state index in [1.165, 1.54) is 39.8 Å². The molecule has 0 radical (unpaired) electrons. The quantitative estimate of drug-likeness (QED) is 0.00625. The molecule has 0 bridgehead atoms. The number of carbonyl (C=O) groups excluding carboxylic acids is 3.